The number of likely N-dealkylation sites (N-methyl/N-ethyl adjacent to an activating group) is 1. The number of amides is 1. The number of carbonyl (C=O) groups excluding carboxylic acids is 2. The molecule has 0 saturated carbocycles. The molecule has 0 aliphatic carbocycles. The molecule has 1 aromatic rings. The van der Waals surface area contributed by atoms with Gasteiger partial charge in [-0.2, -0.15) is 0 Å². The SMILES string of the molecule is CC(C)N(C)C(=O)COC(=O)c1cccc(N)c1Br. The fourth-order valence-corrected chi connectivity index (χ4v) is 1.73. The highest BCUT2D eigenvalue weighted by atomic mass is 79.9. The second-order valence-corrected chi connectivity index (χ2v) is 5.18. The van der Waals surface area contributed by atoms with E-state index in [1.165, 1.54) is 4.90 Å². The van der Waals surface area contributed by atoms with E-state index in [-0.39, 0.29) is 18.6 Å². The van der Waals surface area contributed by atoms with E-state index in [0.29, 0.717) is 15.7 Å². The van der Waals surface area contributed by atoms with Crippen molar-refractivity contribution >= 4 is 33.5 Å². The summed E-state index contributed by atoms with van der Waals surface area (Å²) in [7, 11) is 1.66. The van der Waals surface area contributed by atoms with Gasteiger partial charge in [0.2, 0.25) is 0 Å². The van der Waals surface area contributed by atoms with Gasteiger partial charge >= 0.3 is 5.97 Å². The molecule has 104 valence electrons. The Bertz CT molecular complexity index is 489. The lowest BCUT2D eigenvalue weighted by molar-refractivity contribution is -0.134. The molecule has 1 rings (SSSR count). The average molecular weight is 329 g/mol. The maximum atomic E-state index is 11.8. The van der Waals surface area contributed by atoms with E-state index in [0.717, 1.165) is 0 Å². The lowest BCUT2D eigenvalue weighted by atomic mass is 10.2. The van der Waals surface area contributed by atoms with Crippen molar-refractivity contribution < 1.29 is 14.3 Å². The van der Waals surface area contributed by atoms with Gasteiger partial charge in [-0.25, -0.2) is 4.79 Å². The molecule has 2 N–H and O–H groups in total. The summed E-state index contributed by atoms with van der Waals surface area (Å²) in [5.74, 6) is -0.826. The summed E-state index contributed by atoms with van der Waals surface area (Å²) in [6.07, 6.45) is 0. The monoisotopic (exact) mass is 328 g/mol. The maximum absolute atomic E-state index is 11.8. The van der Waals surface area contributed by atoms with Gasteiger partial charge in [-0.05, 0) is 41.9 Å². The molecule has 0 saturated heterocycles. The zero-order valence-electron chi connectivity index (χ0n) is 11.1. The molecule has 0 radical (unpaired) electrons. The van der Waals surface area contributed by atoms with Gasteiger partial charge in [0.1, 0.15) is 0 Å². The third kappa shape index (κ3) is 3.96. The smallest absolute Gasteiger partial charge is 0.339 e. The quantitative estimate of drug-likeness (QED) is 0.678. The number of benzene rings is 1. The first-order chi connectivity index (χ1) is 8.84. The van der Waals surface area contributed by atoms with Crippen LogP contribution in [0.1, 0.15) is 24.2 Å². The molecule has 6 heteroatoms. The molecule has 19 heavy (non-hydrogen) atoms. The summed E-state index contributed by atoms with van der Waals surface area (Å²) < 4.78 is 5.46. The molecule has 1 amide bonds. The number of hydrogen-bond acceptors (Lipinski definition) is 4. The van der Waals surface area contributed by atoms with Crippen LogP contribution in [0, 0.1) is 0 Å². The molecule has 0 unspecified atom stereocenters. The van der Waals surface area contributed by atoms with Crippen molar-refractivity contribution in [2.24, 2.45) is 0 Å². The molecular formula is C13H17BrN2O3. The molecule has 0 fully saturated rings. The predicted octanol–water partition coefficient (Wildman–Crippen LogP) is 2.05. The van der Waals surface area contributed by atoms with Gasteiger partial charge in [-0.15, -0.1) is 0 Å². The molecule has 0 aliphatic rings. The molecule has 0 heterocycles. The Morgan fingerprint density at radius 2 is 2.05 bits per heavy atom. The van der Waals surface area contributed by atoms with Crippen LogP contribution in [-0.2, 0) is 9.53 Å². The number of anilines is 1. The van der Waals surface area contributed by atoms with Gasteiger partial charge in [0.25, 0.3) is 5.91 Å². The number of esters is 1. The first-order valence-corrected chi connectivity index (χ1v) is 6.60. The summed E-state index contributed by atoms with van der Waals surface area (Å²) in [6, 6.07) is 4.96. The summed E-state index contributed by atoms with van der Waals surface area (Å²) in [4.78, 5) is 25.0. The molecule has 1 aromatic carbocycles. The first-order valence-electron chi connectivity index (χ1n) is 5.81. The molecule has 5 nitrogen and oxygen atoms in total. The lowest BCUT2D eigenvalue weighted by Gasteiger charge is -2.21. The highest BCUT2D eigenvalue weighted by Gasteiger charge is 2.17. The molecule has 0 aromatic heterocycles. The van der Waals surface area contributed by atoms with Gasteiger partial charge in [-0.1, -0.05) is 6.07 Å². The van der Waals surface area contributed by atoms with Crippen LogP contribution in [0.3, 0.4) is 0 Å². The van der Waals surface area contributed by atoms with Crippen molar-refractivity contribution in [1.82, 2.24) is 4.90 Å². The number of nitrogens with zero attached hydrogens (tertiary/aromatic N) is 1. The first kappa shape index (κ1) is 15.5. The van der Waals surface area contributed by atoms with Crippen LogP contribution < -0.4 is 5.73 Å². The van der Waals surface area contributed by atoms with Gasteiger partial charge in [0.15, 0.2) is 6.61 Å². The van der Waals surface area contributed by atoms with Crippen molar-refractivity contribution in [3.05, 3.63) is 28.2 Å². The number of nitrogen functional groups attached to an aromatic ring is 1. The third-order valence-electron chi connectivity index (χ3n) is 2.74. The molecule has 0 atom stereocenters. The Labute approximate surface area is 120 Å². The Morgan fingerprint density at radius 3 is 2.63 bits per heavy atom. The van der Waals surface area contributed by atoms with Gasteiger partial charge in [-0.3, -0.25) is 4.79 Å². The van der Waals surface area contributed by atoms with E-state index in [1.807, 2.05) is 13.8 Å². The standard InChI is InChI=1S/C13H17BrN2O3/c1-8(2)16(3)11(17)7-19-13(18)9-5-4-6-10(15)12(9)14/h4-6,8H,7,15H2,1-3H3. The number of halogens is 1. The predicted molar refractivity (Wildman–Crippen MR) is 76.7 cm³/mol. The Hall–Kier alpha value is -1.56. The molecule has 0 bridgehead atoms. The van der Waals surface area contributed by atoms with Crippen molar-refractivity contribution in [3.63, 3.8) is 0 Å². The van der Waals surface area contributed by atoms with Crippen LogP contribution in [0.4, 0.5) is 5.69 Å². The zero-order valence-corrected chi connectivity index (χ0v) is 12.7. The number of rotatable bonds is 4. The zero-order chi connectivity index (χ0) is 14.6. The van der Waals surface area contributed by atoms with Crippen LogP contribution in [0.25, 0.3) is 0 Å². The van der Waals surface area contributed by atoms with Crippen LogP contribution in [-0.4, -0.2) is 36.5 Å². The Kier molecular flexibility index (Phi) is 5.35. The van der Waals surface area contributed by atoms with Crippen LogP contribution in [0.5, 0.6) is 0 Å². The number of hydrogen-bond donors (Lipinski definition) is 1. The largest absolute Gasteiger partial charge is 0.452 e. The van der Waals surface area contributed by atoms with E-state index in [1.54, 1.807) is 25.2 Å². The van der Waals surface area contributed by atoms with Crippen LogP contribution >= 0.6 is 15.9 Å². The highest BCUT2D eigenvalue weighted by molar-refractivity contribution is 9.10. The molecular weight excluding hydrogens is 312 g/mol. The van der Waals surface area contributed by atoms with Gasteiger partial charge in [0, 0.05) is 18.8 Å². The second kappa shape index (κ2) is 6.56. The second-order valence-electron chi connectivity index (χ2n) is 4.38. The van der Waals surface area contributed by atoms with Crippen LogP contribution in [0.2, 0.25) is 0 Å². The molecule has 0 aliphatic heterocycles. The van der Waals surface area contributed by atoms with E-state index in [4.69, 9.17) is 10.5 Å². The summed E-state index contributed by atoms with van der Waals surface area (Å²) in [6.45, 7) is 3.48. The van der Waals surface area contributed by atoms with Crippen LogP contribution in [0.15, 0.2) is 22.7 Å². The van der Waals surface area contributed by atoms with Gasteiger partial charge < -0.3 is 15.4 Å². The van der Waals surface area contributed by atoms with Crippen molar-refractivity contribution in [2.75, 3.05) is 19.4 Å². The Balaban J connectivity index is 2.66. The van der Waals surface area contributed by atoms with Crippen molar-refractivity contribution in [2.45, 2.75) is 19.9 Å². The van der Waals surface area contributed by atoms with Crippen molar-refractivity contribution in [3.8, 4) is 0 Å². The summed E-state index contributed by atoms with van der Waals surface area (Å²) in [5.41, 5.74) is 6.42. The third-order valence-corrected chi connectivity index (χ3v) is 3.63. The van der Waals surface area contributed by atoms with E-state index >= 15 is 0 Å². The fourth-order valence-electron chi connectivity index (χ4n) is 1.30. The Morgan fingerprint density at radius 1 is 1.42 bits per heavy atom. The summed E-state index contributed by atoms with van der Waals surface area (Å²) >= 11 is 3.22. The normalized spacial score (nSPS) is 10.4. The minimum atomic E-state index is -0.579. The maximum Gasteiger partial charge on any atom is 0.339 e. The number of nitrogens with two attached hydrogens (primary N) is 1. The molecule has 0 spiro atoms. The summed E-state index contributed by atoms with van der Waals surface area (Å²) in [5, 5.41) is 0. The minimum Gasteiger partial charge on any atom is -0.452 e. The average Bonchev–Trinajstić information content (AvgIpc) is 2.37. The topological polar surface area (TPSA) is 72.6 Å². The van der Waals surface area contributed by atoms with E-state index < -0.39 is 5.97 Å². The minimum absolute atomic E-state index is 0.0605. The number of carbonyl (C=O) groups is 2. The van der Waals surface area contributed by atoms with E-state index in [2.05, 4.69) is 15.9 Å². The van der Waals surface area contributed by atoms with Crippen molar-refractivity contribution in [1.29, 1.82) is 0 Å². The highest BCUT2D eigenvalue weighted by Crippen LogP contribution is 2.24. The van der Waals surface area contributed by atoms with E-state index in [9.17, 15) is 9.59 Å². The van der Waals surface area contributed by atoms with Gasteiger partial charge in [0.05, 0.1) is 10.0 Å². The fraction of sp³-hybridized carbons (Fsp3) is 0.385. The lowest BCUT2D eigenvalue weighted by Crippen LogP contribution is -2.36. The number of ether oxygens (including phenoxy) is 1.